The van der Waals surface area contributed by atoms with Gasteiger partial charge in [0.2, 0.25) is 0 Å². The monoisotopic (exact) mass is 616 g/mol. The predicted molar refractivity (Wildman–Crippen MR) is 189 cm³/mol. The summed E-state index contributed by atoms with van der Waals surface area (Å²) in [6.07, 6.45) is 12.6. The highest BCUT2D eigenvalue weighted by atomic mass is 14.9. The lowest BCUT2D eigenvalue weighted by atomic mass is 9.96. The molecule has 0 unspecified atom stereocenters. The average Bonchev–Trinajstić information content (AvgIpc) is 3.16. The lowest BCUT2D eigenvalue weighted by Crippen LogP contribution is -2.12. The maximum atomic E-state index is 5.38. The largest absolute Gasteiger partial charge is 0.264 e. The zero-order valence-electron chi connectivity index (χ0n) is 25.4. The van der Waals surface area contributed by atoms with Crippen molar-refractivity contribution in [3.05, 3.63) is 169 Å². The van der Waals surface area contributed by atoms with E-state index in [0.29, 0.717) is 17.1 Å². The summed E-state index contributed by atoms with van der Waals surface area (Å²) in [6, 6.07) is 34.1. The summed E-state index contributed by atoms with van der Waals surface area (Å²) >= 11 is 0. The summed E-state index contributed by atoms with van der Waals surface area (Å²) in [7, 11) is 0. The van der Waals surface area contributed by atoms with Gasteiger partial charge in [-0.05, 0) is 78.9 Å². The lowest BCUT2D eigenvalue weighted by molar-refractivity contribution is 1.25. The van der Waals surface area contributed by atoms with E-state index in [1.54, 1.807) is 18.6 Å². The van der Waals surface area contributed by atoms with E-state index in [4.69, 9.17) is 24.9 Å². The Balaban J connectivity index is 1.29. The molecule has 8 nitrogen and oxygen atoms in total. The van der Waals surface area contributed by atoms with Crippen LogP contribution in [0, 0.1) is 0 Å². The van der Waals surface area contributed by atoms with Crippen molar-refractivity contribution < 1.29 is 0 Å². The fraction of sp³-hybridized carbons (Fsp3) is 0. The lowest BCUT2D eigenvalue weighted by Gasteiger charge is -2.18. The summed E-state index contributed by atoms with van der Waals surface area (Å²) in [5.74, 6) is 0. The van der Waals surface area contributed by atoms with Crippen molar-refractivity contribution in [2.75, 3.05) is 0 Å². The Labute approximate surface area is 275 Å². The van der Waals surface area contributed by atoms with Crippen LogP contribution in [-0.2, 0) is 0 Å². The van der Waals surface area contributed by atoms with E-state index in [0.717, 1.165) is 72.4 Å². The van der Waals surface area contributed by atoms with Crippen LogP contribution in [0.2, 0.25) is 0 Å². The topological polar surface area (TPSA) is 102 Å². The van der Waals surface area contributed by atoms with Crippen LogP contribution in [0.1, 0.15) is 22.4 Å². The third kappa shape index (κ3) is 4.98. The Kier molecular flexibility index (Phi) is 6.61. The minimum Gasteiger partial charge on any atom is -0.264 e. The number of aromatic nitrogens is 6. The van der Waals surface area contributed by atoms with Crippen LogP contribution in [0.25, 0.3) is 44.3 Å². The number of pyridine rings is 6. The first-order valence-corrected chi connectivity index (χ1v) is 15.5. The highest BCUT2D eigenvalue weighted by molar-refractivity contribution is 6.23. The van der Waals surface area contributed by atoms with E-state index in [1.807, 2.05) is 110 Å². The average molecular weight is 617 g/mol. The van der Waals surface area contributed by atoms with Gasteiger partial charge in [-0.1, -0.05) is 24.3 Å². The molecule has 2 aromatic carbocycles. The summed E-state index contributed by atoms with van der Waals surface area (Å²) in [5.41, 5.74) is 11.3. The Bertz CT molecular complexity index is 2350. The smallest absolute Gasteiger partial charge is 0.116 e. The van der Waals surface area contributed by atoms with Gasteiger partial charge in [-0.2, -0.15) is 0 Å². The van der Waals surface area contributed by atoms with Crippen molar-refractivity contribution in [2.24, 2.45) is 9.98 Å². The maximum Gasteiger partial charge on any atom is 0.116 e. The van der Waals surface area contributed by atoms with E-state index in [-0.39, 0.29) is 0 Å². The van der Waals surface area contributed by atoms with Gasteiger partial charge in [-0.3, -0.25) is 24.9 Å². The minimum atomic E-state index is 0.666. The number of hydrogen-bond donors (Lipinski definition) is 0. The van der Waals surface area contributed by atoms with E-state index in [9.17, 15) is 0 Å². The van der Waals surface area contributed by atoms with Crippen LogP contribution in [0.15, 0.2) is 156 Å². The van der Waals surface area contributed by atoms with Gasteiger partial charge in [-0.15, -0.1) is 0 Å². The molecule has 0 saturated heterocycles. The fourth-order valence-corrected chi connectivity index (χ4v) is 5.97. The minimum absolute atomic E-state index is 0.666. The molecule has 0 amide bonds. The number of para-hydroxylation sites is 1. The van der Waals surface area contributed by atoms with Gasteiger partial charge in [0.25, 0.3) is 0 Å². The number of benzene rings is 2. The van der Waals surface area contributed by atoms with Crippen LogP contribution >= 0.6 is 0 Å². The number of fused-ring (bicyclic) bond motifs is 4. The van der Waals surface area contributed by atoms with Crippen LogP contribution in [0.3, 0.4) is 0 Å². The van der Waals surface area contributed by atoms with Gasteiger partial charge in [0.1, 0.15) is 11.4 Å². The van der Waals surface area contributed by atoms with Crippen molar-refractivity contribution >= 4 is 44.6 Å². The van der Waals surface area contributed by atoms with Gasteiger partial charge < -0.3 is 0 Å². The van der Waals surface area contributed by atoms with E-state index >= 15 is 0 Å². The molecule has 0 N–H and O–H groups in total. The number of nitrogens with zero attached hydrogens (tertiary/aromatic N) is 8. The maximum absolute atomic E-state index is 5.38. The number of hydrogen-bond acceptors (Lipinski definition) is 8. The van der Waals surface area contributed by atoms with Gasteiger partial charge in [0.15, 0.2) is 0 Å². The quantitative estimate of drug-likeness (QED) is 0.197. The summed E-state index contributed by atoms with van der Waals surface area (Å²) in [6.45, 7) is 0. The molecule has 0 bridgehead atoms. The predicted octanol–water partition coefficient (Wildman–Crippen LogP) is 8.35. The van der Waals surface area contributed by atoms with Crippen LogP contribution < -0.4 is 0 Å². The van der Waals surface area contributed by atoms with Crippen molar-refractivity contribution in [1.29, 1.82) is 0 Å². The highest BCUT2D eigenvalue weighted by Crippen LogP contribution is 2.36. The van der Waals surface area contributed by atoms with Crippen molar-refractivity contribution in [3.63, 3.8) is 0 Å². The first-order chi connectivity index (χ1) is 23.8. The van der Waals surface area contributed by atoms with Crippen molar-refractivity contribution in [3.8, 4) is 22.5 Å². The molecule has 224 valence electrons. The molecule has 1 aliphatic rings. The third-order valence-corrected chi connectivity index (χ3v) is 8.36. The van der Waals surface area contributed by atoms with Crippen LogP contribution in [-0.4, -0.2) is 41.3 Å². The molecule has 48 heavy (non-hydrogen) atoms. The van der Waals surface area contributed by atoms with E-state index < -0.39 is 0 Å². The molecule has 0 aliphatic carbocycles. The second-order valence-electron chi connectivity index (χ2n) is 11.4. The van der Waals surface area contributed by atoms with Gasteiger partial charge in [0.05, 0.1) is 39.5 Å². The fourth-order valence-electron chi connectivity index (χ4n) is 5.97. The Morgan fingerprint density at radius 2 is 1.04 bits per heavy atom. The molecule has 0 fully saturated rings. The Morgan fingerprint density at radius 1 is 0.417 bits per heavy atom. The summed E-state index contributed by atoms with van der Waals surface area (Å²) in [5, 5.41) is 1.95. The first kappa shape index (κ1) is 27.5. The summed E-state index contributed by atoms with van der Waals surface area (Å²) in [4.78, 5) is 38.7. The van der Waals surface area contributed by atoms with Gasteiger partial charge >= 0.3 is 0 Å². The van der Waals surface area contributed by atoms with E-state index in [1.165, 1.54) is 0 Å². The molecular formula is C40H24N8. The second-order valence-corrected chi connectivity index (χ2v) is 11.4. The van der Waals surface area contributed by atoms with Gasteiger partial charge in [0, 0.05) is 82.0 Å². The van der Waals surface area contributed by atoms with Crippen molar-refractivity contribution in [1.82, 2.24) is 29.9 Å². The molecule has 0 atom stereocenters. The van der Waals surface area contributed by atoms with Crippen LogP contribution in [0.4, 0.5) is 11.4 Å². The standard InChI is InChI=1S/C40H24N8/c1-2-10-34-25(6-1)19-37-40(46-34)39(30-12-14-33(45-24-30)28-9-4-16-42-22-28)47-36-18-26-7-5-17-43-35(26)20-31(36)38(48-37)29-11-13-32(44-23-29)27-8-3-15-41-21-27/h1-24H/b38-31?,40-39?,47-36?,47-39-,48-37?,48-38-. The zero-order valence-corrected chi connectivity index (χ0v) is 25.4. The van der Waals surface area contributed by atoms with Crippen molar-refractivity contribution in [2.45, 2.75) is 0 Å². The van der Waals surface area contributed by atoms with E-state index in [2.05, 4.69) is 33.2 Å². The molecule has 8 heteroatoms. The molecular weight excluding hydrogens is 592 g/mol. The highest BCUT2D eigenvalue weighted by Gasteiger charge is 2.23. The number of rotatable bonds is 4. The van der Waals surface area contributed by atoms with Crippen LogP contribution in [0.5, 0.6) is 0 Å². The SMILES string of the molecule is c1cncc(-c2ccc(/C3=N/c4cc5cccnc5cc4/C(c4ccc(-c5cccnc5)nc4)=N\c4cc5ccccc5nc43)cn2)c1. The normalized spacial score (nSPS) is 14.6. The first-order valence-electron chi connectivity index (χ1n) is 15.5. The Morgan fingerprint density at radius 3 is 1.73 bits per heavy atom. The number of aliphatic imine (C=N–C) groups is 2. The third-order valence-electron chi connectivity index (χ3n) is 8.36. The summed E-state index contributed by atoms with van der Waals surface area (Å²) < 4.78 is 0. The van der Waals surface area contributed by atoms with Gasteiger partial charge in [-0.25, -0.2) is 15.0 Å². The molecule has 9 rings (SSSR count). The molecule has 1 aliphatic heterocycles. The zero-order chi connectivity index (χ0) is 31.9. The molecule has 8 aromatic rings. The molecule has 7 heterocycles. The molecule has 0 saturated carbocycles. The molecule has 0 spiro atoms. The second kappa shape index (κ2) is 11.5. The molecule has 0 radical (unpaired) electrons. The Hall–Kier alpha value is -6.80. The molecule has 6 aromatic heterocycles.